The summed E-state index contributed by atoms with van der Waals surface area (Å²) in [5.41, 5.74) is 6.57. The predicted molar refractivity (Wildman–Crippen MR) is 191 cm³/mol. The molecule has 5 heterocycles. The van der Waals surface area contributed by atoms with E-state index in [4.69, 9.17) is 9.15 Å². The zero-order valence-electron chi connectivity index (χ0n) is 28.9. The van der Waals surface area contributed by atoms with Gasteiger partial charge in [0.15, 0.2) is 0 Å². The molecule has 1 fully saturated rings. The highest BCUT2D eigenvalue weighted by molar-refractivity contribution is 6.00. The SMILES string of the molecule is CCN(C(=O)C1CCN(CC(=O)N2CC=C(c3ccc(-c4nnc(C)o4)cc3)CC2)C1)c1ccc2[nH]nc(-c3ccc(OC(C)C)nc3)c2c1. The van der Waals surface area contributed by atoms with Crippen molar-refractivity contribution in [3.8, 4) is 28.6 Å². The Hall–Kier alpha value is -5.36. The van der Waals surface area contributed by atoms with Gasteiger partial charge in [0.05, 0.1) is 24.1 Å². The Morgan fingerprint density at radius 1 is 1.04 bits per heavy atom. The molecule has 258 valence electrons. The Morgan fingerprint density at radius 2 is 1.84 bits per heavy atom. The van der Waals surface area contributed by atoms with Crippen LogP contribution in [0, 0.1) is 12.8 Å². The molecule has 2 amide bonds. The number of likely N-dealkylation sites (tertiary alicyclic amines) is 1. The second kappa shape index (κ2) is 14.2. The lowest BCUT2D eigenvalue weighted by atomic mass is 9.98. The number of hydrogen-bond donors (Lipinski definition) is 1. The van der Waals surface area contributed by atoms with E-state index in [-0.39, 0.29) is 23.8 Å². The van der Waals surface area contributed by atoms with E-state index in [1.165, 1.54) is 5.57 Å². The Balaban J connectivity index is 0.953. The summed E-state index contributed by atoms with van der Waals surface area (Å²) in [5, 5.41) is 16.6. The highest BCUT2D eigenvalue weighted by Crippen LogP contribution is 2.32. The average molecular weight is 675 g/mol. The van der Waals surface area contributed by atoms with Crippen LogP contribution in [0.3, 0.4) is 0 Å². The van der Waals surface area contributed by atoms with E-state index in [1.807, 2.05) is 73.0 Å². The van der Waals surface area contributed by atoms with Gasteiger partial charge in [0.25, 0.3) is 0 Å². The number of aryl methyl sites for hydroxylation is 1. The maximum atomic E-state index is 13.9. The second-order valence-corrected chi connectivity index (χ2v) is 13.2. The zero-order valence-corrected chi connectivity index (χ0v) is 28.9. The lowest BCUT2D eigenvalue weighted by molar-refractivity contribution is -0.132. The molecule has 1 unspecified atom stereocenters. The number of amides is 2. The first kappa shape index (κ1) is 33.2. The van der Waals surface area contributed by atoms with Crippen LogP contribution in [0.25, 0.3) is 39.2 Å². The van der Waals surface area contributed by atoms with Crippen molar-refractivity contribution < 1.29 is 18.7 Å². The number of pyridine rings is 1. The molecule has 0 bridgehead atoms. The number of rotatable bonds is 10. The second-order valence-electron chi connectivity index (χ2n) is 13.2. The smallest absolute Gasteiger partial charge is 0.247 e. The van der Waals surface area contributed by atoms with Gasteiger partial charge in [-0.3, -0.25) is 19.6 Å². The quantitative estimate of drug-likeness (QED) is 0.196. The molecule has 1 saturated heterocycles. The molecular formula is C38H42N8O4. The fourth-order valence-corrected chi connectivity index (χ4v) is 6.77. The number of aromatic nitrogens is 5. The molecule has 12 nitrogen and oxygen atoms in total. The van der Waals surface area contributed by atoms with Gasteiger partial charge in [-0.2, -0.15) is 5.10 Å². The topological polar surface area (TPSA) is 134 Å². The molecule has 2 aromatic carbocycles. The van der Waals surface area contributed by atoms with Gasteiger partial charge in [0.2, 0.25) is 29.5 Å². The van der Waals surface area contributed by atoms with Gasteiger partial charge in [-0.1, -0.05) is 18.2 Å². The van der Waals surface area contributed by atoms with Gasteiger partial charge >= 0.3 is 0 Å². The van der Waals surface area contributed by atoms with Crippen LogP contribution < -0.4 is 9.64 Å². The van der Waals surface area contributed by atoms with E-state index in [2.05, 4.69) is 48.5 Å². The number of ether oxygens (including phenoxy) is 1. The molecule has 5 aromatic rings. The molecule has 0 radical (unpaired) electrons. The molecule has 2 aliphatic heterocycles. The number of anilines is 1. The van der Waals surface area contributed by atoms with Crippen LogP contribution in [-0.4, -0.2) is 92.4 Å². The van der Waals surface area contributed by atoms with Crippen LogP contribution in [0.15, 0.2) is 71.3 Å². The first-order chi connectivity index (χ1) is 24.2. The van der Waals surface area contributed by atoms with E-state index >= 15 is 0 Å². The Labute approximate surface area is 291 Å². The number of benzene rings is 2. The van der Waals surface area contributed by atoms with Gasteiger partial charge in [-0.25, -0.2) is 4.98 Å². The van der Waals surface area contributed by atoms with Crippen molar-refractivity contribution in [3.05, 3.63) is 78.3 Å². The van der Waals surface area contributed by atoms with E-state index in [9.17, 15) is 9.59 Å². The number of nitrogens with one attached hydrogen (secondary N) is 1. The third-order valence-corrected chi connectivity index (χ3v) is 9.38. The predicted octanol–water partition coefficient (Wildman–Crippen LogP) is 5.76. The number of H-pyrrole nitrogens is 1. The van der Waals surface area contributed by atoms with Crippen molar-refractivity contribution in [3.63, 3.8) is 0 Å². The van der Waals surface area contributed by atoms with Crippen molar-refractivity contribution in [1.29, 1.82) is 0 Å². The standard InChI is InChI=1S/C38H42N8O4/c1-5-46(31-11-12-33-32(20-31)36(42-41-33)29-10-13-34(39-21-29)49-24(2)3)38(48)30-14-17-44(22-30)23-35(47)45-18-15-27(16-19-45)26-6-8-28(9-7-26)37-43-40-25(4)50-37/h6-13,15,20-21,24,30H,5,14,16-19,22-23H2,1-4H3,(H,41,42). The maximum Gasteiger partial charge on any atom is 0.247 e. The molecule has 0 spiro atoms. The molecule has 50 heavy (non-hydrogen) atoms. The minimum absolute atomic E-state index is 0.0404. The van der Waals surface area contributed by atoms with Crippen LogP contribution in [0.2, 0.25) is 0 Å². The molecular weight excluding hydrogens is 632 g/mol. The molecule has 12 heteroatoms. The van der Waals surface area contributed by atoms with Crippen LogP contribution in [0.4, 0.5) is 5.69 Å². The molecule has 0 saturated carbocycles. The van der Waals surface area contributed by atoms with Gasteiger partial charge in [0.1, 0.15) is 5.69 Å². The van der Waals surface area contributed by atoms with Crippen molar-refractivity contribution in [2.75, 3.05) is 44.2 Å². The number of fused-ring (bicyclic) bond motifs is 1. The van der Waals surface area contributed by atoms with Crippen molar-refractivity contribution in [1.82, 2.24) is 35.2 Å². The van der Waals surface area contributed by atoms with Gasteiger partial charge in [-0.15, -0.1) is 10.2 Å². The molecule has 1 atom stereocenters. The zero-order chi connectivity index (χ0) is 34.8. The maximum absolute atomic E-state index is 13.9. The summed E-state index contributed by atoms with van der Waals surface area (Å²) in [6.45, 7) is 11.1. The molecule has 1 N–H and O–H groups in total. The van der Waals surface area contributed by atoms with Gasteiger partial charge in [-0.05, 0) is 87.7 Å². The van der Waals surface area contributed by atoms with E-state index < -0.39 is 0 Å². The summed E-state index contributed by atoms with van der Waals surface area (Å²) < 4.78 is 11.2. The normalized spacial score (nSPS) is 16.6. The van der Waals surface area contributed by atoms with Crippen LogP contribution in [0.5, 0.6) is 5.88 Å². The Kier molecular flexibility index (Phi) is 9.44. The van der Waals surface area contributed by atoms with Crippen molar-refractivity contribution in [2.45, 2.75) is 46.6 Å². The monoisotopic (exact) mass is 674 g/mol. The van der Waals surface area contributed by atoms with Crippen molar-refractivity contribution >= 4 is 34.0 Å². The summed E-state index contributed by atoms with van der Waals surface area (Å²) >= 11 is 0. The van der Waals surface area contributed by atoms with E-state index in [0.29, 0.717) is 50.4 Å². The number of carbonyl (C=O) groups is 2. The largest absolute Gasteiger partial charge is 0.475 e. The van der Waals surface area contributed by atoms with E-state index in [0.717, 1.165) is 58.4 Å². The van der Waals surface area contributed by atoms with E-state index in [1.54, 1.807) is 13.1 Å². The highest BCUT2D eigenvalue weighted by Gasteiger charge is 2.33. The van der Waals surface area contributed by atoms with Gasteiger partial charge < -0.3 is 19.0 Å². The lowest BCUT2D eigenvalue weighted by Gasteiger charge is -2.29. The molecule has 0 aliphatic carbocycles. The Morgan fingerprint density at radius 3 is 2.52 bits per heavy atom. The fourth-order valence-electron chi connectivity index (χ4n) is 6.77. The number of aromatic amines is 1. The summed E-state index contributed by atoms with van der Waals surface area (Å²) in [5.74, 6) is 1.61. The third-order valence-electron chi connectivity index (χ3n) is 9.38. The molecule has 2 aliphatic rings. The van der Waals surface area contributed by atoms with Crippen LogP contribution in [0.1, 0.15) is 45.1 Å². The number of hydrogen-bond acceptors (Lipinski definition) is 9. The summed E-state index contributed by atoms with van der Waals surface area (Å²) in [7, 11) is 0. The third kappa shape index (κ3) is 7.02. The number of nitrogens with zero attached hydrogens (tertiary/aromatic N) is 7. The summed E-state index contributed by atoms with van der Waals surface area (Å²) in [6, 6.07) is 17.8. The Bertz CT molecular complexity index is 2010. The van der Waals surface area contributed by atoms with Gasteiger partial charge in [0, 0.05) is 67.6 Å². The minimum atomic E-state index is -0.174. The summed E-state index contributed by atoms with van der Waals surface area (Å²) in [4.78, 5) is 37.5. The van der Waals surface area contributed by atoms with Crippen molar-refractivity contribution in [2.24, 2.45) is 5.92 Å². The fraction of sp³-hybridized carbons (Fsp3) is 0.368. The van der Waals surface area contributed by atoms with Crippen LogP contribution in [-0.2, 0) is 9.59 Å². The molecule has 3 aromatic heterocycles. The minimum Gasteiger partial charge on any atom is -0.475 e. The summed E-state index contributed by atoms with van der Waals surface area (Å²) in [6.07, 6.45) is 5.45. The first-order valence-electron chi connectivity index (χ1n) is 17.3. The first-order valence-corrected chi connectivity index (χ1v) is 17.3. The number of carbonyl (C=O) groups excluding carboxylic acids is 2. The molecule has 7 rings (SSSR count). The highest BCUT2D eigenvalue weighted by atomic mass is 16.5. The average Bonchev–Trinajstić information content (AvgIpc) is 3.89. The lowest BCUT2D eigenvalue weighted by Crippen LogP contribution is -2.42. The van der Waals surface area contributed by atoms with Crippen LogP contribution >= 0.6 is 0 Å².